The Morgan fingerprint density at radius 1 is 1.53 bits per heavy atom. The Kier molecular flexibility index (Phi) is 5.44. The summed E-state index contributed by atoms with van der Waals surface area (Å²) in [4.78, 5) is 12.7. The SMILES string of the molecule is O=C(NCCCC1CC1)c1csc(C#CCCO)c1. The molecule has 0 bridgehead atoms. The summed E-state index contributed by atoms with van der Waals surface area (Å²) >= 11 is 1.47. The van der Waals surface area contributed by atoms with Gasteiger partial charge in [-0.25, -0.2) is 0 Å². The molecule has 2 rings (SSSR count). The largest absolute Gasteiger partial charge is 0.395 e. The number of aliphatic hydroxyl groups is 1. The normalized spacial score (nSPS) is 13.7. The van der Waals surface area contributed by atoms with Gasteiger partial charge in [0.15, 0.2) is 0 Å². The van der Waals surface area contributed by atoms with Crippen LogP contribution in [0.1, 0.15) is 47.3 Å². The highest BCUT2D eigenvalue weighted by Gasteiger charge is 2.20. The number of aliphatic hydroxyl groups excluding tert-OH is 1. The molecule has 102 valence electrons. The Hall–Kier alpha value is -1.31. The van der Waals surface area contributed by atoms with Gasteiger partial charge in [0.25, 0.3) is 5.91 Å². The molecular weight excluding hydrogens is 258 g/mol. The van der Waals surface area contributed by atoms with Gasteiger partial charge in [-0.15, -0.1) is 11.3 Å². The van der Waals surface area contributed by atoms with Crippen LogP contribution < -0.4 is 5.32 Å². The second kappa shape index (κ2) is 7.32. The van der Waals surface area contributed by atoms with Crippen molar-refractivity contribution in [3.05, 3.63) is 21.9 Å². The summed E-state index contributed by atoms with van der Waals surface area (Å²) in [5, 5.41) is 13.4. The van der Waals surface area contributed by atoms with Crippen LogP contribution in [0.3, 0.4) is 0 Å². The van der Waals surface area contributed by atoms with Gasteiger partial charge in [0, 0.05) is 18.3 Å². The van der Waals surface area contributed by atoms with Crippen molar-refractivity contribution in [3.63, 3.8) is 0 Å². The maximum absolute atomic E-state index is 11.9. The second-order valence-electron chi connectivity index (χ2n) is 4.82. The molecule has 0 saturated heterocycles. The van der Waals surface area contributed by atoms with E-state index in [1.54, 1.807) is 0 Å². The first-order chi connectivity index (χ1) is 9.29. The van der Waals surface area contributed by atoms with E-state index in [1.807, 2.05) is 11.4 Å². The van der Waals surface area contributed by atoms with Crippen LogP contribution in [-0.4, -0.2) is 24.2 Å². The molecule has 19 heavy (non-hydrogen) atoms. The standard InChI is InChI=1S/C15H19NO2S/c17-9-2-1-5-14-10-13(11-19-14)15(18)16-8-3-4-12-6-7-12/h10-12,17H,2-4,6-9H2,(H,16,18). The lowest BCUT2D eigenvalue weighted by Crippen LogP contribution is -2.23. The third-order valence-corrected chi connectivity index (χ3v) is 3.93. The van der Waals surface area contributed by atoms with Crippen molar-refractivity contribution >= 4 is 17.2 Å². The molecule has 3 nitrogen and oxygen atoms in total. The lowest BCUT2D eigenvalue weighted by Gasteiger charge is -2.02. The van der Waals surface area contributed by atoms with Gasteiger partial charge in [-0.05, 0) is 24.8 Å². The van der Waals surface area contributed by atoms with Crippen LogP contribution >= 0.6 is 11.3 Å². The Morgan fingerprint density at radius 3 is 3.11 bits per heavy atom. The first-order valence-electron chi connectivity index (χ1n) is 6.76. The summed E-state index contributed by atoms with van der Waals surface area (Å²) < 4.78 is 0. The van der Waals surface area contributed by atoms with E-state index in [-0.39, 0.29) is 12.5 Å². The van der Waals surface area contributed by atoms with Crippen LogP contribution in [0, 0.1) is 17.8 Å². The van der Waals surface area contributed by atoms with Gasteiger partial charge in [-0.2, -0.15) is 0 Å². The third kappa shape index (κ3) is 5.06. The van der Waals surface area contributed by atoms with Crippen molar-refractivity contribution in [2.45, 2.75) is 32.1 Å². The molecule has 4 heteroatoms. The minimum absolute atomic E-state index is 0.0118. The van der Waals surface area contributed by atoms with Gasteiger partial charge in [-0.1, -0.05) is 24.7 Å². The summed E-state index contributed by atoms with van der Waals surface area (Å²) in [5.41, 5.74) is 0.685. The van der Waals surface area contributed by atoms with Gasteiger partial charge < -0.3 is 10.4 Å². The fourth-order valence-corrected chi connectivity index (χ4v) is 2.58. The maximum atomic E-state index is 11.9. The number of hydrogen-bond donors (Lipinski definition) is 2. The highest BCUT2D eigenvalue weighted by molar-refractivity contribution is 7.10. The molecule has 1 aromatic rings. The predicted molar refractivity (Wildman–Crippen MR) is 77.2 cm³/mol. The number of nitrogens with one attached hydrogen (secondary N) is 1. The maximum Gasteiger partial charge on any atom is 0.252 e. The summed E-state index contributed by atoms with van der Waals surface area (Å²) in [6.07, 6.45) is 5.52. The molecule has 1 heterocycles. The summed E-state index contributed by atoms with van der Waals surface area (Å²) in [6, 6.07) is 1.81. The highest BCUT2D eigenvalue weighted by atomic mass is 32.1. The van der Waals surface area contributed by atoms with Gasteiger partial charge in [-0.3, -0.25) is 4.79 Å². The van der Waals surface area contributed by atoms with E-state index in [4.69, 9.17) is 5.11 Å². The van der Waals surface area contributed by atoms with Crippen LogP contribution in [0.5, 0.6) is 0 Å². The first-order valence-corrected chi connectivity index (χ1v) is 7.64. The zero-order chi connectivity index (χ0) is 13.5. The predicted octanol–water partition coefficient (Wildman–Crippen LogP) is 2.40. The van der Waals surface area contributed by atoms with Gasteiger partial charge in [0.2, 0.25) is 0 Å². The van der Waals surface area contributed by atoms with Crippen LogP contribution in [0.2, 0.25) is 0 Å². The molecule has 1 aliphatic carbocycles. The van der Waals surface area contributed by atoms with E-state index >= 15 is 0 Å². The average molecular weight is 277 g/mol. The van der Waals surface area contributed by atoms with Crippen molar-refractivity contribution in [1.82, 2.24) is 5.32 Å². The van der Waals surface area contributed by atoms with Crippen LogP contribution in [0.25, 0.3) is 0 Å². The van der Waals surface area contributed by atoms with E-state index in [0.717, 1.165) is 23.8 Å². The molecule has 0 unspecified atom stereocenters. The van der Waals surface area contributed by atoms with Crippen molar-refractivity contribution in [2.24, 2.45) is 5.92 Å². The molecule has 2 N–H and O–H groups in total. The number of carbonyl (C=O) groups is 1. The summed E-state index contributed by atoms with van der Waals surface area (Å²) in [6.45, 7) is 0.837. The lowest BCUT2D eigenvalue weighted by atomic mass is 10.2. The Balaban J connectivity index is 1.73. The molecule has 0 atom stereocenters. The summed E-state index contributed by atoms with van der Waals surface area (Å²) in [7, 11) is 0. The van der Waals surface area contributed by atoms with Crippen LogP contribution in [0.15, 0.2) is 11.4 Å². The molecule has 0 spiro atoms. The molecule has 0 aliphatic heterocycles. The van der Waals surface area contributed by atoms with Crippen LogP contribution in [0.4, 0.5) is 0 Å². The van der Waals surface area contributed by atoms with Crippen molar-refractivity contribution in [1.29, 1.82) is 0 Å². The number of rotatable bonds is 6. The topological polar surface area (TPSA) is 49.3 Å². The van der Waals surface area contributed by atoms with Crippen molar-refractivity contribution < 1.29 is 9.90 Å². The number of amides is 1. The smallest absolute Gasteiger partial charge is 0.252 e. The lowest BCUT2D eigenvalue weighted by molar-refractivity contribution is 0.0953. The zero-order valence-corrected chi connectivity index (χ0v) is 11.8. The van der Waals surface area contributed by atoms with Crippen molar-refractivity contribution in [3.8, 4) is 11.8 Å². The molecule has 0 aromatic carbocycles. The van der Waals surface area contributed by atoms with E-state index < -0.39 is 0 Å². The number of carbonyl (C=O) groups excluding carboxylic acids is 1. The van der Waals surface area contributed by atoms with Crippen LogP contribution in [-0.2, 0) is 0 Å². The minimum Gasteiger partial charge on any atom is -0.395 e. The quantitative estimate of drug-likeness (QED) is 0.619. The molecule has 1 aliphatic rings. The molecule has 1 amide bonds. The van der Waals surface area contributed by atoms with E-state index in [2.05, 4.69) is 17.2 Å². The van der Waals surface area contributed by atoms with E-state index in [9.17, 15) is 4.79 Å². The van der Waals surface area contributed by atoms with E-state index in [1.165, 1.54) is 30.6 Å². The Morgan fingerprint density at radius 2 is 2.37 bits per heavy atom. The molecule has 1 fully saturated rings. The Bertz CT molecular complexity index is 480. The van der Waals surface area contributed by atoms with Crippen molar-refractivity contribution in [2.75, 3.05) is 13.2 Å². The molecular formula is C15H19NO2S. The molecule has 0 radical (unpaired) electrons. The summed E-state index contributed by atoms with van der Waals surface area (Å²) in [5.74, 6) is 6.70. The number of hydrogen-bond acceptors (Lipinski definition) is 3. The fraction of sp³-hybridized carbons (Fsp3) is 0.533. The third-order valence-electron chi connectivity index (χ3n) is 3.08. The average Bonchev–Trinajstić information content (AvgIpc) is 3.12. The van der Waals surface area contributed by atoms with Gasteiger partial charge in [0.1, 0.15) is 0 Å². The zero-order valence-electron chi connectivity index (χ0n) is 10.9. The monoisotopic (exact) mass is 277 g/mol. The molecule has 1 saturated carbocycles. The fourth-order valence-electron chi connectivity index (χ4n) is 1.83. The second-order valence-corrected chi connectivity index (χ2v) is 5.73. The minimum atomic E-state index is -0.0118. The van der Waals surface area contributed by atoms with E-state index in [0.29, 0.717) is 12.0 Å². The van der Waals surface area contributed by atoms with Gasteiger partial charge in [0.05, 0.1) is 17.0 Å². The first kappa shape index (κ1) is 14.1. The highest BCUT2D eigenvalue weighted by Crippen LogP contribution is 2.33. The molecule has 1 aromatic heterocycles. The number of thiophene rings is 1. The Labute approximate surface area is 118 Å². The van der Waals surface area contributed by atoms with Gasteiger partial charge >= 0.3 is 0 Å².